The summed E-state index contributed by atoms with van der Waals surface area (Å²) in [6.45, 7) is 3.54. The van der Waals surface area contributed by atoms with Crippen molar-refractivity contribution < 1.29 is 9.18 Å². The van der Waals surface area contributed by atoms with Crippen molar-refractivity contribution in [2.75, 3.05) is 5.32 Å². The Bertz CT molecular complexity index is 963. The van der Waals surface area contributed by atoms with E-state index in [1.807, 2.05) is 19.2 Å². The monoisotopic (exact) mass is 307 g/mol. The number of carbonyl (C=O) groups is 1. The van der Waals surface area contributed by atoms with Crippen molar-refractivity contribution in [3.05, 3.63) is 48.0 Å². The number of amides is 1. The first kappa shape index (κ1) is 14.8. The van der Waals surface area contributed by atoms with E-state index < -0.39 is 11.7 Å². The number of aromatic amines is 1. The van der Waals surface area contributed by atoms with Gasteiger partial charge in [0.25, 0.3) is 5.91 Å². The Kier molecular flexibility index (Phi) is 3.82. The number of aryl methyl sites for hydroxylation is 1. The molecule has 3 rings (SSSR count). The molecule has 0 atom stereocenters. The second-order valence-electron chi connectivity index (χ2n) is 5.12. The van der Waals surface area contributed by atoms with Gasteiger partial charge < -0.3 is 10.3 Å². The molecule has 0 unspecified atom stereocenters. The molecule has 4 nitrogen and oxygen atoms in total. The lowest BCUT2D eigenvalue weighted by molar-refractivity contribution is -0.111. The molecule has 114 valence electrons. The van der Waals surface area contributed by atoms with E-state index in [2.05, 4.69) is 27.1 Å². The molecule has 0 aliphatic heterocycles. The number of halogens is 1. The zero-order chi connectivity index (χ0) is 16.4. The number of benzene rings is 1. The van der Waals surface area contributed by atoms with Crippen LogP contribution < -0.4 is 5.32 Å². The van der Waals surface area contributed by atoms with Crippen LogP contribution in [0.25, 0.3) is 22.2 Å². The molecule has 0 fully saturated rings. The van der Waals surface area contributed by atoms with Crippen LogP contribution in [0.4, 0.5) is 10.1 Å². The lowest BCUT2D eigenvalue weighted by atomic mass is 10.0. The smallest absolute Gasteiger partial charge is 0.300 e. The molecule has 0 radical (unpaired) electrons. The molecule has 0 saturated carbocycles. The topological polar surface area (TPSA) is 57.8 Å². The van der Waals surface area contributed by atoms with Gasteiger partial charge in [0.15, 0.2) is 0 Å². The number of nitrogens with one attached hydrogen (secondary N) is 2. The first-order chi connectivity index (χ1) is 11.1. The summed E-state index contributed by atoms with van der Waals surface area (Å²) in [5.41, 5.74) is 3.60. The summed E-state index contributed by atoms with van der Waals surface area (Å²) in [7, 11) is 0. The van der Waals surface area contributed by atoms with Gasteiger partial charge in [-0.1, -0.05) is 12.0 Å². The highest BCUT2D eigenvalue weighted by Gasteiger charge is 2.09. The number of pyridine rings is 1. The molecule has 0 saturated heterocycles. The van der Waals surface area contributed by atoms with Gasteiger partial charge in [0.2, 0.25) is 0 Å². The van der Waals surface area contributed by atoms with Gasteiger partial charge >= 0.3 is 0 Å². The summed E-state index contributed by atoms with van der Waals surface area (Å²) in [4.78, 5) is 19.0. The van der Waals surface area contributed by atoms with E-state index in [1.54, 1.807) is 25.3 Å². The largest absolute Gasteiger partial charge is 0.346 e. The van der Waals surface area contributed by atoms with E-state index in [0.29, 0.717) is 0 Å². The van der Waals surface area contributed by atoms with Gasteiger partial charge in [0.05, 0.1) is 5.69 Å². The summed E-state index contributed by atoms with van der Waals surface area (Å²) in [6.07, 6.45) is 3.60. The minimum Gasteiger partial charge on any atom is -0.346 e. The number of H-pyrrole nitrogens is 1. The van der Waals surface area contributed by atoms with Crippen LogP contribution >= 0.6 is 0 Å². The maximum Gasteiger partial charge on any atom is 0.300 e. The third-order valence-corrected chi connectivity index (χ3v) is 3.52. The van der Waals surface area contributed by atoms with Crippen LogP contribution in [0.3, 0.4) is 0 Å². The number of anilines is 1. The van der Waals surface area contributed by atoms with Crippen molar-refractivity contribution >= 4 is 22.6 Å². The number of nitrogens with zero attached hydrogens (tertiary/aromatic N) is 1. The standard InChI is InChI=1S/C18H14FN3O/c1-3-4-17(23)22-16-8-12(5-6-15(16)19)13-7-14-11(2)9-20-18(14)21-10-13/h5-10H,1-2H3,(H,20,21)(H,22,23). The maximum absolute atomic E-state index is 13.9. The second-order valence-corrected chi connectivity index (χ2v) is 5.12. The predicted molar refractivity (Wildman–Crippen MR) is 88.3 cm³/mol. The molecule has 0 bridgehead atoms. The van der Waals surface area contributed by atoms with Crippen LogP contribution in [0.15, 0.2) is 36.7 Å². The van der Waals surface area contributed by atoms with Gasteiger partial charge in [0, 0.05) is 23.3 Å². The van der Waals surface area contributed by atoms with Crippen molar-refractivity contribution in [3.8, 4) is 23.0 Å². The quantitative estimate of drug-likeness (QED) is 0.710. The van der Waals surface area contributed by atoms with Gasteiger partial charge in [-0.3, -0.25) is 4.79 Å². The molecule has 2 N–H and O–H groups in total. The number of aromatic nitrogens is 2. The molecule has 3 aromatic rings. The molecule has 1 aromatic carbocycles. The SMILES string of the molecule is CC#CC(=O)Nc1cc(-c2cnc3[nH]cc(C)c3c2)ccc1F. The third kappa shape index (κ3) is 2.92. The molecular weight excluding hydrogens is 293 g/mol. The maximum atomic E-state index is 13.9. The minimum atomic E-state index is -0.543. The highest BCUT2D eigenvalue weighted by molar-refractivity contribution is 6.04. The van der Waals surface area contributed by atoms with E-state index in [4.69, 9.17) is 0 Å². The molecule has 0 spiro atoms. The molecule has 23 heavy (non-hydrogen) atoms. The third-order valence-electron chi connectivity index (χ3n) is 3.52. The lowest BCUT2D eigenvalue weighted by Crippen LogP contribution is -2.09. The minimum absolute atomic E-state index is 0.0983. The zero-order valence-electron chi connectivity index (χ0n) is 12.7. The van der Waals surface area contributed by atoms with Gasteiger partial charge in [-0.05, 0) is 49.1 Å². The van der Waals surface area contributed by atoms with Gasteiger partial charge in [-0.2, -0.15) is 0 Å². The normalized spacial score (nSPS) is 10.2. The van der Waals surface area contributed by atoms with Crippen molar-refractivity contribution in [2.24, 2.45) is 0 Å². The van der Waals surface area contributed by atoms with E-state index in [1.165, 1.54) is 6.07 Å². The van der Waals surface area contributed by atoms with Crippen molar-refractivity contribution in [1.29, 1.82) is 0 Å². The highest BCUT2D eigenvalue weighted by atomic mass is 19.1. The van der Waals surface area contributed by atoms with E-state index >= 15 is 0 Å². The first-order valence-corrected chi connectivity index (χ1v) is 7.06. The Morgan fingerprint density at radius 3 is 2.91 bits per heavy atom. The van der Waals surface area contributed by atoms with Crippen LogP contribution in [0.5, 0.6) is 0 Å². The molecule has 2 heterocycles. The average Bonchev–Trinajstić information content (AvgIpc) is 2.91. The van der Waals surface area contributed by atoms with Crippen LogP contribution in [0.1, 0.15) is 12.5 Å². The van der Waals surface area contributed by atoms with E-state index in [-0.39, 0.29) is 5.69 Å². The van der Waals surface area contributed by atoms with Crippen molar-refractivity contribution in [3.63, 3.8) is 0 Å². The van der Waals surface area contributed by atoms with Crippen molar-refractivity contribution in [1.82, 2.24) is 9.97 Å². The first-order valence-electron chi connectivity index (χ1n) is 7.06. The summed E-state index contributed by atoms with van der Waals surface area (Å²) < 4.78 is 13.9. The molecule has 0 aliphatic rings. The fourth-order valence-corrected chi connectivity index (χ4v) is 2.36. The summed E-state index contributed by atoms with van der Waals surface area (Å²) >= 11 is 0. The van der Waals surface area contributed by atoms with Crippen molar-refractivity contribution in [2.45, 2.75) is 13.8 Å². The number of hydrogen-bond donors (Lipinski definition) is 2. The number of hydrogen-bond acceptors (Lipinski definition) is 2. The Labute approximate surface area is 132 Å². The zero-order valence-corrected chi connectivity index (χ0v) is 12.7. The van der Waals surface area contributed by atoms with E-state index in [9.17, 15) is 9.18 Å². The summed E-state index contributed by atoms with van der Waals surface area (Å²) in [6, 6.07) is 6.54. The highest BCUT2D eigenvalue weighted by Crippen LogP contribution is 2.27. The predicted octanol–water partition coefficient (Wildman–Crippen LogP) is 3.64. The van der Waals surface area contributed by atoms with Crippen LogP contribution in [-0.2, 0) is 4.79 Å². The molecule has 1 amide bonds. The Morgan fingerprint density at radius 2 is 2.13 bits per heavy atom. The number of fused-ring (bicyclic) bond motifs is 1. The second kappa shape index (κ2) is 5.93. The molecular formula is C18H14FN3O. The Balaban J connectivity index is 2.02. The van der Waals surface area contributed by atoms with Gasteiger partial charge in [-0.25, -0.2) is 9.37 Å². The van der Waals surface area contributed by atoms with Gasteiger partial charge in [-0.15, -0.1) is 0 Å². The fourth-order valence-electron chi connectivity index (χ4n) is 2.36. The van der Waals surface area contributed by atoms with Crippen LogP contribution in [-0.4, -0.2) is 15.9 Å². The number of rotatable bonds is 2. The van der Waals surface area contributed by atoms with Crippen LogP contribution in [0, 0.1) is 24.6 Å². The number of carbonyl (C=O) groups excluding carboxylic acids is 1. The lowest BCUT2D eigenvalue weighted by Gasteiger charge is -2.07. The van der Waals surface area contributed by atoms with Crippen LogP contribution in [0.2, 0.25) is 0 Å². The fraction of sp³-hybridized carbons (Fsp3) is 0.111. The average molecular weight is 307 g/mol. The molecule has 5 heteroatoms. The summed E-state index contributed by atoms with van der Waals surface area (Å²) in [5.74, 6) is 3.75. The Hall–Kier alpha value is -3.13. The molecule has 0 aliphatic carbocycles. The Morgan fingerprint density at radius 1 is 1.30 bits per heavy atom. The molecule has 2 aromatic heterocycles. The summed E-state index contributed by atoms with van der Waals surface area (Å²) in [5, 5.41) is 3.46. The van der Waals surface area contributed by atoms with Gasteiger partial charge in [0.1, 0.15) is 11.5 Å². The van der Waals surface area contributed by atoms with E-state index in [0.717, 1.165) is 27.7 Å².